The number of aliphatic hydroxyl groups is 2. The molecule has 1 saturated heterocycles. The van der Waals surface area contributed by atoms with Gasteiger partial charge >= 0.3 is 0 Å². The molecule has 1 fully saturated rings. The minimum absolute atomic E-state index is 0.0550. The molecule has 8 nitrogen and oxygen atoms in total. The molecule has 1 aliphatic heterocycles. The Morgan fingerprint density at radius 1 is 1.20 bits per heavy atom. The fourth-order valence-electron chi connectivity index (χ4n) is 3.30. The van der Waals surface area contributed by atoms with E-state index in [-0.39, 0.29) is 20.4 Å². The zero-order valence-corrected chi connectivity index (χ0v) is 18.5. The van der Waals surface area contributed by atoms with Crippen molar-refractivity contribution in [1.82, 2.24) is 4.31 Å². The van der Waals surface area contributed by atoms with E-state index >= 15 is 0 Å². The van der Waals surface area contributed by atoms with E-state index in [9.17, 15) is 22.8 Å². The summed E-state index contributed by atoms with van der Waals surface area (Å²) in [6, 6.07) is 11.1. The van der Waals surface area contributed by atoms with Crippen LogP contribution < -0.4 is 0 Å². The average Bonchev–Trinajstić information content (AvgIpc) is 3.08. The summed E-state index contributed by atoms with van der Waals surface area (Å²) in [6.07, 6.45) is 0. The van der Waals surface area contributed by atoms with Crippen molar-refractivity contribution >= 4 is 43.0 Å². The highest BCUT2D eigenvalue weighted by Gasteiger charge is 2.53. The quantitative estimate of drug-likeness (QED) is 0.586. The molecule has 0 bridgehead atoms. The zero-order valence-electron chi connectivity index (χ0n) is 15.3. The largest absolute Gasteiger partial charge is 0.393 e. The van der Waals surface area contributed by atoms with Gasteiger partial charge < -0.3 is 10.2 Å². The van der Waals surface area contributed by atoms with Crippen LogP contribution in [-0.4, -0.2) is 57.7 Å². The number of β-amino-alcohol motifs (C(OH)–C–C–N with tert-alkyl or cyclic N) is 1. The lowest BCUT2D eigenvalue weighted by Gasteiger charge is -2.28. The van der Waals surface area contributed by atoms with Crippen molar-refractivity contribution in [2.24, 2.45) is 0 Å². The van der Waals surface area contributed by atoms with Crippen LogP contribution in [0.3, 0.4) is 0 Å². The smallest absolute Gasteiger partial charge is 0.244 e. The third-order valence-electron chi connectivity index (χ3n) is 4.94. The van der Waals surface area contributed by atoms with Gasteiger partial charge in [0, 0.05) is 23.0 Å². The molecule has 3 N–H and O–H groups in total. The van der Waals surface area contributed by atoms with Crippen molar-refractivity contribution < 1.29 is 22.8 Å². The third-order valence-corrected chi connectivity index (χ3v) is 9.84. The molecule has 30 heavy (non-hydrogen) atoms. The van der Waals surface area contributed by atoms with Gasteiger partial charge in [-0.15, -0.1) is 0 Å². The first-order chi connectivity index (χ1) is 14.0. The Kier molecular flexibility index (Phi) is 6.19. The van der Waals surface area contributed by atoms with Crippen LogP contribution in [0.25, 0.3) is 0 Å². The van der Waals surface area contributed by atoms with Crippen LogP contribution in [0, 0.1) is 16.1 Å². The van der Waals surface area contributed by atoms with E-state index in [1.807, 2.05) is 6.07 Å². The standard InChI is InChI=1S/C18H17Cl2N3O5S2/c19-13-2-4-14(5-3-13)29(22,26)17-9-23(10-18(17,25)11-24)30(27,28)16-6-1-12(8-21)7-15(16)20/h1-7,17,22,24-25H,9-11H2/t17-,18+,29?/m0/s1. The first-order valence-electron chi connectivity index (χ1n) is 8.52. The molecule has 0 aromatic heterocycles. The molecule has 12 heteroatoms. The number of hydrogen-bond acceptors (Lipinski definition) is 7. The summed E-state index contributed by atoms with van der Waals surface area (Å²) in [5, 5.41) is 28.3. The molecular weight excluding hydrogens is 473 g/mol. The SMILES string of the molecule is N#Cc1ccc(S(=O)(=O)N2C[C@H](S(=N)(=O)c3ccc(Cl)cc3)[C@](O)(CO)C2)c(Cl)c1. The second kappa shape index (κ2) is 8.09. The third kappa shape index (κ3) is 3.94. The number of hydrogen-bond donors (Lipinski definition) is 3. The van der Waals surface area contributed by atoms with Gasteiger partial charge in [-0.1, -0.05) is 23.2 Å². The highest BCUT2D eigenvalue weighted by Crippen LogP contribution is 2.36. The lowest BCUT2D eigenvalue weighted by Crippen LogP contribution is -2.48. The Bertz CT molecular complexity index is 1230. The van der Waals surface area contributed by atoms with Gasteiger partial charge in [0.15, 0.2) is 0 Å². The number of benzene rings is 2. The highest BCUT2D eigenvalue weighted by atomic mass is 35.5. The second-order valence-corrected chi connectivity index (χ2v) is 11.9. The lowest BCUT2D eigenvalue weighted by atomic mass is 10.1. The first kappa shape index (κ1) is 23.0. The van der Waals surface area contributed by atoms with Crippen LogP contribution in [-0.2, 0) is 19.8 Å². The average molecular weight is 490 g/mol. The molecule has 0 radical (unpaired) electrons. The molecule has 3 rings (SSSR count). The van der Waals surface area contributed by atoms with Crippen LogP contribution in [0.1, 0.15) is 5.56 Å². The molecule has 1 unspecified atom stereocenters. The molecule has 1 heterocycles. The van der Waals surface area contributed by atoms with E-state index in [1.165, 1.54) is 42.5 Å². The summed E-state index contributed by atoms with van der Waals surface area (Å²) in [5.74, 6) is 0. The number of nitriles is 1. The summed E-state index contributed by atoms with van der Waals surface area (Å²) in [6.45, 7) is -1.94. The van der Waals surface area contributed by atoms with Gasteiger partial charge in [0.25, 0.3) is 0 Å². The number of aliphatic hydroxyl groups excluding tert-OH is 1. The predicted molar refractivity (Wildman–Crippen MR) is 111 cm³/mol. The Balaban J connectivity index is 2.02. The summed E-state index contributed by atoms with van der Waals surface area (Å²) >= 11 is 11.9. The van der Waals surface area contributed by atoms with Gasteiger partial charge in [0.2, 0.25) is 10.0 Å². The maximum atomic E-state index is 13.3. The molecule has 2 aromatic carbocycles. The molecule has 0 spiro atoms. The van der Waals surface area contributed by atoms with E-state index in [0.717, 1.165) is 4.31 Å². The fourth-order valence-corrected chi connectivity index (χ4v) is 7.58. The van der Waals surface area contributed by atoms with Gasteiger partial charge in [-0.25, -0.2) is 17.4 Å². The zero-order chi connectivity index (χ0) is 22.3. The molecule has 0 saturated carbocycles. The van der Waals surface area contributed by atoms with Crippen LogP contribution in [0.15, 0.2) is 52.3 Å². The molecule has 1 aliphatic rings. The van der Waals surface area contributed by atoms with Gasteiger partial charge in [0.05, 0.1) is 38.2 Å². The van der Waals surface area contributed by atoms with Crippen LogP contribution in [0.4, 0.5) is 0 Å². The van der Waals surface area contributed by atoms with Gasteiger partial charge in [-0.2, -0.15) is 9.57 Å². The number of nitrogens with one attached hydrogen (secondary N) is 1. The maximum absolute atomic E-state index is 13.3. The maximum Gasteiger partial charge on any atom is 0.244 e. The number of halogens is 2. The summed E-state index contributed by atoms with van der Waals surface area (Å²) < 4.78 is 48.8. The minimum atomic E-state index is -4.27. The molecular formula is C18H17Cl2N3O5S2. The lowest BCUT2D eigenvalue weighted by molar-refractivity contribution is 0.00205. The second-order valence-electron chi connectivity index (χ2n) is 6.86. The van der Waals surface area contributed by atoms with Gasteiger partial charge in [-0.3, -0.25) is 0 Å². The van der Waals surface area contributed by atoms with E-state index < -0.39 is 50.3 Å². The first-order valence-corrected chi connectivity index (χ1v) is 12.3. The topological polar surface area (TPSA) is 143 Å². The molecule has 3 atom stereocenters. The highest BCUT2D eigenvalue weighted by molar-refractivity contribution is 7.93. The Labute approximate surface area is 184 Å². The normalized spacial score (nSPS) is 24.3. The van der Waals surface area contributed by atoms with E-state index in [2.05, 4.69) is 0 Å². The summed E-state index contributed by atoms with van der Waals surface area (Å²) in [5.41, 5.74) is -1.94. The van der Waals surface area contributed by atoms with Crippen LogP contribution in [0.5, 0.6) is 0 Å². The number of sulfonamides is 1. The van der Waals surface area contributed by atoms with Crippen molar-refractivity contribution in [3.05, 3.63) is 58.1 Å². The Morgan fingerprint density at radius 2 is 1.83 bits per heavy atom. The number of rotatable bonds is 5. The summed E-state index contributed by atoms with van der Waals surface area (Å²) in [4.78, 5) is -0.244. The summed E-state index contributed by atoms with van der Waals surface area (Å²) in [7, 11) is -7.99. The predicted octanol–water partition coefficient (Wildman–Crippen LogP) is 2.07. The van der Waals surface area contributed by atoms with Crippen molar-refractivity contribution in [3.63, 3.8) is 0 Å². The molecule has 0 aliphatic carbocycles. The van der Waals surface area contributed by atoms with Gasteiger partial charge in [0.1, 0.15) is 10.5 Å². The molecule has 0 amide bonds. The molecule has 160 valence electrons. The van der Waals surface area contributed by atoms with E-state index in [0.29, 0.717) is 5.02 Å². The van der Waals surface area contributed by atoms with Crippen molar-refractivity contribution in [2.45, 2.75) is 20.6 Å². The monoisotopic (exact) mass is 489 g/mol. The van der Waals surface area contributed by atoms with E-state index in [1.54, 1.807) is 0 Å². The van der Waals surface area contributed by atoms with Crippen LogP contribution in [0.2, 0.25) is 10.0 Å². The van der Waals surface area contributed by atoms with Crippen LogP contribution >= 0.6 is 23.2 Å². The van der Waals surface area contributed by atoms with Crippen molar-refractivity contribution in [3.8, 4) is 6.07 Å². The van der Waals surface area contributed by atoms with Crippen molar-refractivity contribution in [1.29, 1.82) is 10.0 Å². The fraction of sp³-hybridized carbons (Fsp3) is 0.278. The molecule has 2 aromatic rings. The minimum Gasteiger partial charge on any atom is -0.393 e. The Hall–Kier alpha value is -1.71. The van der Waals surface area contributed by atoms with E-state index in [4.69, 9.17) is 33.2 Å². The van der Waals surface area contributed by atoms with Crippen molar-refractivity contribution in [2.75, 3.05) is 19.7 Å². The Morgan fingerprint density at radius 3 is 2.37 bits per heavy atom. The van der Waals surface area contributed by atoms with Gasteiger partial charge in [-0.05, 0) is 42.5 Å². The number of nitrogens with zero attached hydrogens (tertiary/aromatic N) is 2.